The molecule has 3 rings (SSSR count). The number of aliphatic hydroxyl groups is 1. The maximum absolute atomic E-state index is 10.6. The molecule has 0 saturated heterocycles. The van der Waals surface area contributed by atoms with Gasteiger partial charge in [-0.3, -0.25) is 0 Å². The van der Waals surface area contributed by atoms with Crippen molar-refractivity contribution in [2.45, 2.75) is 51.9 Å². The Morgan fingerprint density at radius 3 is 2.25 bits per heavy atom. The summed E-state index contributed by atoms with van der Waals surface area (Å²) in [5.41, 5.74) is 1.87. The molecular formula is C27H33Cl2NO2. The number of β-amino-alcohol motifs (C(OH)–C–C–N with tert-alkyl or cyclic N) is 1. The van der Waals surface area contributed by atoms with Crippen LogP contribution in [0.25, 0.3) is 10.8 Å². The Kier molecular flexibility index (Phi) is 8.60. The Balaban J connectivity index is 1.56. The van der Waals surface area contributed by atoms with E-state index >= 15 is 0 Å². The van der Waals surface area contributed by atoms with E-state index in [0.29, 0.717) is 16.6 Å². The van der Waals surface area contributed by atoms with Crippen molar-refractivity contribution in [3.05, 3.63) is 81.8 Å². The van der Waals surface area contributed by atoms with Crippen molar-refractivity contribution in [3.8, 4) is 0 Å². The molecule has 3 aromatic rings. The van der Waals surface area contributed by atoms with Crippen molar-refractivity contribution in [2.24, 2.45) is 5.92 Å². The van der Waals surface area contributed by atoms with Crippen LogP contribution in [-0.4, -0.2) is 29.9 Å². The maximum atomic E-state index is 10.6. The van der Waals surface area contributed by atoms with Gasteiger partial charge in [0, 0.05) is 27.7 Å². The predicted octanol–water partition coefficient (Wildman–Crippen LogP) is 6.83. The van der Waals surface area contributed by atoms with Crippen LogP contribution in [0.1, 0.15) is 44.9 Å². The van der Waals surface area contributed by atoms with Crippen molar-refractivity contribution in [1.82, 2.24) is 5.32 Å². The second-order valence-corrected chi connectivity index (χ2v) is 10.2. The summed E-state index contributed by atoms with van der Waals surface area (Å²) in [5, 5.41) is 17.7. The van der Waals surface area contributed by atoms with E-state index in [0.717, 1.165) is 12.0 Å². The minimum absolute atomic E-state index is 0.164. The molecule has 0 aliphatic rings. The van der Waals surface area contributed by atoms with E-state index in [9.17, 15) is 5.11 Å². The number of halogens is 2. The van der Waals surface area contributed by atoms with Crippen LogP contribution in [0.2, 0.25) is 10.0 Å². The van der Waals surface area contributed by atoms with Crippen LogP contribution in [0.5, 0.6) is 0 Å². The second kappa shape index (κ2) is 11.0. The topological polar surface area (TPSA) is 41.5 Å². The predicted molar refractivity (Wildman–Crippen MR) is 136 cm³/mol. The van der Waals surface area contributed by atoms with E-state index in [1.165, 1.54) is 16.3 Å². The first-order valence-corrected chi connectivity index (χ1v) is 11.9. The molecule has 0 spiro atoms. The lowest BCUT2D eigenvalue weighted by Crippen LogP contribution is -2.46. The van der Waals surface area contributed by atoms with Gasteiger partial charge >= 0.3 is 0 Å². The highest BCUT2D eigenvalue weighted by Crippen LogP contribution is 2.36. The molecule has 0 aliphatic heterocycles. The van der Waals surface area contributed by atoms with Crippen LogP contribution in [0, 0.1) is 5.92 Å². The molecule has 5 heteroatoms. The SMILES string of the molecule is CC(C)C(OC[C@H](O)CNC(C)(C)Cc1ccc2ccccc2c1)c1c(Cl)cccc1Cl. The van der Waals surface area contributed by atoms with Gasteiger partial charge in [-0.25, -0.2) is 0 Å². The summed E-state index contributed by atoms with van der Waals surface area (Å²) in [4.78, 5) is 0. The molecule has 0 bridgehead atoms. The minimum atomic E-state index is -0.645. The summed E-state index contributed by atoms with van der Waals surface area (Å²) in [6, 6.07) is 20.4. The monoisotopic (exact) mass is 473 g/mol. The summed E-state index contributed by atoms with van der Waals surface area (Å²) in [5.74, 6) is 0.164. The molecular weight excluding hydrogens is 441 g/mol. The van der Waals surface area contributed by atoms with Crippen LogP contribution in [0.15, 0.2) is 60.7 Å². The van der Waals surface area contributed by atoms with Crippen LogP contribution in [0.3, 0.4) is 0 Å². The third-order valence-corrected chi connectivity index (χ3v) is 6.29. The molecule has 3 nitrogen and oxygen atoms in total. The van der Waals surface area contributed by atoms with Crippen molar-refractivity contribution in [2.75, 3.05) is 13.2 Å². The van der Waals surface area contributed by atoms with Gasteiger partial charge in [-0.2, -0.15) is 0 Å². The first-order valence-electron chi connectivity index (χ1n) is 11.1. The van der Waals surface area contributed by atoms with Gasteiger partial charge in [-0.05, 0) is 54.7 Å². The fraction of sp³-hybridized carbons (Fsp3) is 0.407. The average molecular weight is 474 g/mol. The number of ether oxygens (including phenoxy) is 1. The van der Waals surface area contributed by atoms with Gasteiger partial charge in [0.05, 0.1) is 18.8 Å². The maximum Gasteiger partial charge on any atom is 0.0898 e. The number of nitrogens with one attached hydrogen (secondary N) is 1. The molecule has 0 amide bonds. The van der Waals surface area contributed by atoms with Gasteiger partial charge in [0.2, 0.25) is 0 Å². The van der Waals surface area contributed by atoms with Gasteiger partial charge in [0.1, 0.15) is 0 Å². The van der Waals surface area contributed by atoms with Gasteiger partial charge in [0.15, 0.2) is 0 Å². The lowest BCUT2D eigenvalue weighted by molar-refractivity contribution is -0.0308. The summed E-state index contributed by atoms with van der Waals surface area (Å²) < 4.78 is 6.09. The molecule has 0 saturated carbocycles. The van der Waals surface area contributed by atoms with Gasteiger partial charge in [-0.1, -0.05) is 85.6 Å². The van der Waals surface area contributed by atoms with Crippen molar-refractivity contribution in [1.29, 1.82) is 0 Å². The molecule has 0 radical (unpaired) electrons. The van der Waals surface area contributed by atoms with Crippen LogP contribution in [-0.2, 0) is 11.2 Å². The van der Waals surface area contributed by atoms with E-state index in [1.54, 1.807) is 0 Å². The first-order chi connectivity index (χ1) is 15.2. The summed E-state index contributed by atoms with van der Waals surface area (Å²) in [7, 11) is 0. The number of rotatable bonds is 10. The molecule has 32 heavy (non-hydrogen) atoms. The zero-order valence-electron chi connectivity index (χ0n) is 19.2. The Morgan fingerprint density at radius 1 is 0.938 bits per heavy atom. The molecule has 172 valence electrons. The zero-order valence-corrected chi connectivity index (χ0v) is 20.8. The van der Waals surface area contributed by atoms with E-state index in [4.69, 9.17) is 27.9 Å². The standard InChI is InChI=1S/C27H33Cl2NO2/c1-18(2)26(25-23(28)10-7-11-24(25)29)32-17-22(31)16-30-27(3,4)15-19-12-13-20-8-5-6-9-21(20)14-19/h5-14,18,22,26,30-31H,15-17H2,1-4H3/t22-,26?/m1/s1. The van der Waals surface area contributed by atoms with Gasteiger partial charge in [0.25, 0.3) is 0 Å². The smallest absolute Gasteiger partial charge is 0.0898 e. The highest BCUT2D eigenvalue weighted by atomic mass is 35.5. The third-order valence-electron chi connectivity index (χ3n) is 5.63. The Labute approximate surface area is 201 Å². The molecule has 1 unspecified atom stereocenters. The summed E-state index contributed by atoms with van der Waals surface area (Å²) in [6.07, 6.45) is -0.0697. The van der Waals surface area contributed by atoms with E-state index in [1.807, 2.05) is 18.2 Å². The number of hydrogen-bond acceptors (Lipinski definition) is 3. The fourth-order valence-electron chi connectivity index (χ4n) is 3.98. The number of hydrogen-bond donors (Lipinski definition) is 2. The average Bonchev–Trinajstić information content (AvgIpc) is 2.73. The van der Waals surface area contributed by atoms with Crippen molar-refractivity contribution >= 4 is 34.0 Å². The van der Waals surface area contributed by atoms with Crippen LogP contribution < -0.4 is 5.32 Å². The highest BCUT2D eigenvalue weighted by molar-refractivity contribution is 6.36. The number of fused-ring (bicyclic) bond motifs is 1. The highest BCUT2D eigenvalue weighted by Gasteiger charge is 2.24. The van der Waals surface area contributed by atoms with Crippen molar-refractivity contribution < 1.29 is 9.84 Å². The summed E-state index contributed by atoms with van der Waals surface area (Å²) >= 11 is 12.8. The first kappa shape index (κ1) is 25.0. The number of aliphatic hydroxyl groups excluding tert-OH is 1. The van der Waals surface area contributed by atoms with Crippen LogP contribution >= 0.6 is 23.2 Å². The zero-order chi connectivity index (χ0) is 23.3. The van der Waals surface area contributed by atoms with Gasteiger partial charge < -0.3 is 15.2 Å². The summed E-state index contributed by atoms with van der Waals surface area (Å²) in [6.45, 7) is 9.04. The quantitative estimate of drug-likeness (QED) is 0.338. The lowest BCUT2D eigenvalue weighted by Gasteiger charge is -2.29. The second-order valence-electron chi connectivity index (χ2n) is 9.41. The fourth-order valence-corrected chi connectivity index (χ4v) is 4.59. The van der Waals surface area contributed by atoms with Crippen molar-refractivity contribution in [3.63, 3.8) is 0 Å². The van der Waals surface area contributed by atoms with E-state index < -0.39 is 6.10 Å². The third kappa shape index (κ3) is 6.69. The molecule has 0 aliphatic carbocycles. The van der Waals surface area contributed by atoms with Crippen LogP contribution in [0.4, 0.5) is 0 Å². The molecule has 2 atom stereocenters. The molecule has 2 N–H and O–H groups in total. The normalized spacial score (nSPS) is 14.1. The Morgan fingerprint density at radius 2 is 1.59 bits per heavy atom. The molecule has 0 aromatic heterocycles. The largest absolute Gasteiger partial charge is 0.389 e. The minimum Gasteiger partial charge on any atom is -0.389 e. The van der Waals surface area contributed by atoms with E-state index in [-0.39, 0.29) is 24.2 Å². The van der Waals surface area contributed by atoms with Gasteiger partial charge in [-0.15, -0.1) is 0 Å². The Bertz CT molecular complexity index is 1010. The Hall–Kier alpha value is -1.62. The number of benzene rings is 3. The molecule has 3 aromatic carbocycles. The molecule has 0 fully saturated rings. The lowest BCUT2D eigenvalue weighted by atomic mass is 9.93. The molecule has 0 heterocycles. The van der Waals surface area contributed by atoms with E-state index in [2.05, 4.69) is 75.5 Å².